The quantitative estimate of drug-likeness (QED) is 0.581. The van der Waals surface area contributed by atoms with Crippen LogP contribution in [0.25, 0.3) is 0 Å². The number of rotatable bonds is 4. The molecule has 2 rings (SSSR count). The second-order valence-corrected chi connectivity index (χ2v) is 5.23. The van der Waals surface area contributed by atoms with Crippen LogP contribution in [0.2, 0.25) is 0 Å². The molecule has 0 bridgehead atoms. The van der Waals surface area contributed by atoms with Crippen molar-refractivity contribution in [3.8, 4) is 0 Å². The molecule has 0 amide bonds. The highest BCUT2D eigenvalue weighted by Crippen LogP contribution is 2.41. The van der Waals surface area contributed by atoms with Crippen LogP contribution in [0.5, 0.6) is 0 Å². The molecule has 4 N–H and O–H groups in total. The van der Waals surface area contributed by atoms with Crippen LogP contribution < -0.4 is 16.6 Å². The fourth-order valence-corrected chi connectivity index (χ4v) is 1.95. The van der Waals surface area contributed by atoms with Gasteiger partial charge in [-0.15, -0.1) is 0 Å². The molecule has 0 spiro atoms. The van der Waals surface area contributed by atoms with Gasteiger partial charge in [0.15, 0.2) is 0 Å². The molecule has 0 atom stereocenters. The zero-order valence-corrected chi connectivity index (χ0v) is 10.7. The van der Waals surface area contributed by atoms with Crippen LogP contribution in [0.4, 0.5) is 24.8 Å². The monoisotopic (exact) mass is 275 g/mol. The van der Waals surface area contributed by atoms with Gasteiger partial charge in [0, 0.05) is 11.6 Å². The summed E-state index contributed by atoms with van der Waals surface area (Å²) in [4.78, 5) is 6.81. The third-order valence-corrected chi connectivity index (χ3v) is 3.18. The number of nitrogen functional groups attached to an aromatic ring is 1. The lowest BCUT2D eigenvalue weighted by molar-refractivity contribution is -0.144. The van der Waals surface area contributed by atoms with Crippen molar-refractivity contribution < 1.29 is 13.2 Å². The zero-order chi connectivity index (χ0) is 14.3. The van der Waals surface area contributed by atoms with Gasteiger partial charge in [-0.2, -0.15) is 13.2 Å². The number of nitrogens with zero attached hydrogens (tertiary/aromatic N) is 2. The predicted octanol–water partition coefficient (Wildman–Crippen LogP) is 2.38. The lowest BCUT2D eigenvalue weighted by Crippen LogP contribution is -2.34. The Bertz CT molecular complexity index is 468. The summed E-state index contributed by atoms with van der Waals surface area (Å²) in [7, 11) is 0. The third-order valence-electron chi connectivity index (χ3n) is 3.18. The van der Waals surface area contributed by atoms with Crippen molar-refractivity contribution >= 4 is 11.6 Å². The first-order chi connectivity index (χ1) is 8.72. The number of hydrazine groups is 1. The molecule has 0 aliphatic heterocycles. The highest BCUT2D eigenvalue weighted by Gasteiger charge is 2.39. The highest BCUT2D eigenvalue weighted by atomic mass is 19.4. The zero-order valence-electron chi connectivity index (χ0n) is 10.7. The molecule has 1 heterocycles. The lowest BCUT2D eigenvalue weighted by atomic mass is 9.99. The number of hydrogen-bond donors (Lipinski definition) is 3. The molecular formula is C11H16F3N5. The van der Waals surface area contributed by atoms with Gasteiger partial charge in [0.05, 0.1) is 0 Å². The number of nitrogens with two attached hydrogens (primary N) is 1. The van der Waals surface area contributed by atoms with Crippen molar-refractivity contribution in [3.63, 3.8) is 0 Å². The van der Waals surface area contributed by atoms with Gasteiger partial charge in [-0.05, 0) is 32.6 Å². The summed E-state index contributed by atoms with van der Waals surface area (Å²) in [5, 5.41) is 3.02. The van der Waals surface area contributed by atoms with Gasteiger partial charge in [-0.25, -0.2) is 15.8 Å². The number of anilines is 2. The van der Waals surface area contributed by atoms with E-state index >= 15 is 0 Å². The topological polar surface area (TPSA) is 75.9 Å². The number of halogens is 3. The lowest BCUT2D eigenvalue weighted by Gasteiger charge is -2.27. The van der Waals surface area contributed by atoms with E-state index < -0.39 is 12.0 Å². The summed E-state index contributed by atoms with van der Waals surface area (Å²) < 4.78 is 38.0. The maximum Gasteiger partial charge on any atom is 0.451 e. The molecule has 0 aromatic carbocycles. The number of nitrogens with one attached hydrogen (secondary N) is 2. The minimum Gasteiger partial charge on any atom is -0.365 e. The minimum atomic E-state index is -4.60. The molecule has 0 radical (unpaired) electrons. The number of alkyl halides is 3. The largest absolute Gasteiger partial charge is 0.451 e. The van der Waals surface area contributed by atoms with Crippen molar-refractivity contribution in [2.75, 3.05) is 10.7 Å². The van der Waals surface area contributed by atoms with Crippen molar-refractivity contribution in [2.24, 2.45) is 11.8 Å². The van der Waals surface area contributed by atoms with E-state index in [4.69, 9.17) is 5.84 Å². The van der Waals surface area contributed by atoms with Crippen LogP contribution in [-0.2, 0) is 6.18 Å². The SMILES string of the molecule is CC(C)(Nc1cc(NN)nc(C(F)(F)F)n1)C1CC1. The van der Waals surface area contributed by atoms with Gasteiger partial charge >= 0.3 is 6.18 Å². The van der Waals surface area contributed by atoms with Crippen LogP contribution in [0, 0.1) is 5.92 Å². The minimum absolute atomic E-state index is 0.0728. The first kappa shape index (κ1) is 13.9. The number of aromatic nitrogens is 2. The maximum atomic E-state index is 12.7. The summed E-state index contributed by atoms with van der Waals surface area (Å²) in [5.41, 5.74) is 1.82. The average Bonchev–Trinajstić information content (AvgIpc) is 3.10. The summed E-state index contributed by atoms with van der Waals surface area (Å²) in [6.07, 6.45) is -2.47. The molecule has 1 aliphatic rings. The average molecular weight is 275 g/mol. The van der Waals surface area contributed by atoms with Crippen molar-refractivity contribution in [1.29, 1.82) is 0 Å². The molecule has 5 nitrogen and oxygen atoms in total. The molecule has 8 heteroatoms. The van der Waals surface area contributed by atoms with Crippen LogP contribution in [0.3, 0.4) is 0 Å². The molecule has 1 fully saturated rings. The fourth-order valence-electron chi connectivity index (χ4n) is 1.95. The van der Waals surface area contributed by atoms with E-state index in [0.29, 0.717) is 5.92 Å². The molecular weight excluding hydrogens is 259 g/mol. The van der Waals surface area contributed by atoms with Crippen LogP contribution in [0.15, 0.2) is 6.07 Å². The second-order valence-electron chi connectivity index (χ2n) is 5.23. The predicted molar refractivity (Wildman–Crippen MR) is 65.3 cm³/mol. The highest BCUT2D eigenvalue weighted by molar-refractivity contribution is 5.48. The van der Waals surface area contributed by atoms with Crippen molar-refractivity contribution in [2.45, 2.75) is 38.4 Å². The van der Waals surface area contributed by atoms with Crippen LogP contribution in [0.1, 0.15) is 32.5 Å². The van der Waals surface area contributed by atoms with Crippen molar-refractivity contribution in [1.82, 2.24) is 9.97 Å². The normalized spacial score (nSPS) is 16.3. The van der Waals surface area contributed by atoms with Crippen molar-refractivity contribution in [3.05, 3.63) is 11.9 Å². The third kappa shape index (κ3) is 3.25. The summed E-state index contributed by atoms with van der Waals surface area (Å²) >= 11 is 0. The molecule has 0 saturated heterocycles. The molecule has 1 aromatic heterocycles. The first-order valence-electron chi connectivity index (χ1n) is 5.93. The summed E-state index contributed by atoms with van der Waals surface area (Å²) in [5.74, 6) is 4.42. The Balaban J connectivity index is 2.29. The van der Waals surface area contributed by atoms with Gasteiger partial charge in [0.2, 0.25) is 5.82 Å². The smallest absolute Gasteiger partial charge is 0.365 e. The van der Waals surface area contributed by atoms with E-state index in [2.05, 4.69) is 20.7 Å². The Kier molecular flexibility index (Phi) is 3.29. The molecule has 1 saturated carbocycles. The standard InChI is InChI=1S/C11H16F3N5/c1-10(2,6-3-4-6)18-7-5-8(19-15)17-9(16-7)11(12,13)14/h5-6H,3-4,15H2,1-2H3,(H2,16,17,18,19). The van der Waals surface area contributed by atoms with Gasteiger partial charge in [0.1, 0.15) is 11.6 Å². The van der Waals surface area contributed by atoms with Crippen LogP contribution in [-0.4, -0.2) is 15.5 Å². The summed E-state index contributed by atoms with van der Waals surface area (Å²) in [6.45, 7) is 3.88. The fraction of sp³-hybridized carbons (Fsp3) is 0.636. The molecule has 106 valence electrons. The van der Waals surface area contributed by atoms with E-state index in [0.717, 1.165) is 12.8 Å². The van der Waals surface area contributed by atoms with Gasteiger partial charge in [-0.3, -0.25) is 0 Å². The van der Waals surface area contributed by atoms with Gasteiger partial charge in [-0.1, -0.05) is 0 Å². The maximum absolute atomic E-state index is 12.7. The molecule has 0 unspecified atom stereocenters. The van der Waals surface area contributed by atoms with Gasteiger partial charge < -0.3 is 10.7 Å². The van der Waals surface area contributed by atoms with E-state index in [9.17, 15) is 13.2 Å². The Morgan fingerprint density at radius 3 is 2.26 bits per heavy atom. The van der Waals surface area contributed by atoms with Crippen LogP contribution >= 0.6 is 0 Å². The van der Waals surface area contributed by atoms with E-state index in [1.54, 1.807) is 0 Å². The molecule has 1 aliphatic carbocycles. The summed E-state index contributed by atoms with van der Waals surface area (Å²) in [6, 6.07) is 1.36. The molecule has 19 heavy (non-hydrogen) atoms. The Morgan fingerprint density at radius 1 is 1.21 bits per heavy atom. The van der Waals surface area contributed by atoms with E-state index in [-0.39, 0.29) is 17.2 Å². The van der Waals surface area contributed by atoms with E-state index in [1.165, 1.54) is 6.07 Å². The Hall–Kier alpha value is -1.57. The van der Waals surface area contributed by atoms with Gasteiger partial charge in [0.25, 0.3) is 0 Å². The first-order valence-corrected chi connectivity index (χ1v) is 5.93. The van der Waals surface area contributed by atoms with E-state index in [1.807, 2.05) is 13.8 Å². The number of hydrogen-bond acceptors (Lipinski definition) is 5. The Morgan fingerprint density at radius 2 is 1.79 bits per heavy atom. The molecule has 1 aromatic rings. The second kappa shape index (κ2) is 4.52. The Labute approximate surface area is 108 Å².